The quantitative estimate of drug-likeness (QED) is 0.885. The van der Waals surface area contributed by atoms with Crippen molar-refractivity contribution in [2.75, 3.05) is 33.4 Å². The Hall–Kier alpha value is -2.54. The molecular weight excluding hydrogens is 320 g/mol. The largest absolute Gasteiger partial charge is 0.493 e. The highest BCUT2D eigenvalue weighted by atomic mass is 16.5. The van der Waals surface area contributed by atoms with E-state index in [1.54, 1.807) is 13.3 Å². The molecular formula is C18H24N4O3. The van der Waals surface area contributed by atoms with Crippen molar-refractivity contribution in [1.29, 1.82) is 0 Å². The summed E-state index contributed by atoms with van der Waals surface area (Å²) < 4.78 is 13.0. The van der Waals surface area contributed by atoms with Gasteiger partial charge in [0.25, 0.3) is 5.91 Å². The summed E-state index contributed by atoms with van der Waals surface area (Å²) in [6.45, 7) is 4.03. The number of aryl methyl sites for hydroxylation is 2. The minimum atomic E-state index is -0.0928. The van der Waals surface area contributed by atoms with E-state index < -0.39 is 0 Å². The van der Waals surface area contributed by atoms with Crippen LogP contribution >= 0.6 is 0 Å². The average molecular weight is 344 g/mol. The number of amides is 1. The van der Waals surface area contributed by atoms with Crippen molar-refractivity contribution in [2.45, 2.75) is 13.0 Å². The van der Waals surface area contributed by atoms with E-state index in [4.69, 9.17) is 9.47 Å². The highest BCUT2D eigenvalue weighted by Crippen LogP contribution is 2.28. The first kappa shape index (κ1) is 17.3. The monoisotopic (exact) mass is 344 g/mol. The van der Waals surface area contributed by atoms with Gasteiger partial charge in [0.1, 0.15) is 11.9 Å². The smallest absolute Gasteiger partial charge is 0.261 e. The number of nitrogens with zero attached hydrogens (tertiary/aromatic N) is 3. The Balaban J connectivity index is 1.70. The summed E-state index contributed by atoms with van der Waals surface area (Å²) in [5.41, 5.74) is 1.08. The number of methoxy groups -OCH3 is 1. The van der Waals surface area contributed by atoms with Gasteiger partial charge in [0, 0.05) is 39.1 Å². The molecule has 3 rings (SSSR count). The summed E-state index contributed by atoms with van der Waals surface area (Å²) in [5.74, 6) is 2.02. The number of piperazine rings is 1. The molecule has 1 unspecified atom stereocenters. The van der Waals surface area contributed by atoms with E-state index in [1.165, 1.54) is 0 Å². The van der Waals surface area contributed by atoms with E-state index in [0.717, 1.165) is 17.9 Å². The molecule has 7 heteroatoms. The molecule has 7 nitrogen and oxygen atoms in total. The first-order valence-electron chi connectivity index (χ1n) is 8.35. The third kappa shape index (κ3) is 3.76. The molecule has 0 bridgehead atoms. The maximum Gasteiger partial charge on any atom is 0.261 e. The number of nitrogens with one attached hydrogen (secondary N) is 1. The summed E-state index contributed by atoms with van der Waals surface area (Å²) in [7, 11) is 3.53. The summed E-state index contributed by atoms with van der Waals surface area (Å²) in [6, 6.07) is 5.56. The normalized spacial score (nSPS) is 17.4. The van der Waals surface area contributed by atoms with Gasteiger partial charge in [0.2, 0.25) is 0 Å². The second-order valence-electron chi connectivity index (χ2n) is 6.15. The van der Waals surface area contributed by atoms with Crippen molar-refractivity contribution in [3.63, 3.8) is 0 Å². The molecule has 134 valence electrons. The molecule has 0 saturated carbocycles. The number of ether oxygens (including phenoxy) is 2. The third-order valence-corrected chi connectivity index (χ3v) is 4.39. The second-order valence-corrected chi connectivity index (χ2v) is 6.15. The zero-order valence-electron chi connectivity index (χ0n) is 14.9. The van der Waals surface area contributed by atoms with Crippen molar-refractivity contribution < 1.29 is 14.3 Å². The number of hydrogen-bond acceptors (Lipinski definition) is 5. The Bertz CT molecular complexity index is 744. The van der Waals surface area contributed by atoms with E-state index in [1.807, 2.05) is 47.8 Å². The Morgan fingerprint density at radius 3 is 2.96 bits per heavy atom. The Kier molecular flexibility index (Phi) is 5.23. The number of benzene rings is 1. The van der Waals surface area contributed by atoms with Crippen molar-refractivity contribution >= 4 is 5.91 Å². The Morgan fingerprint density at radius 2 is 2.24 bits per heavy atom. The van der Waals surface area contributed by atoms with E-state index in [9.17, 15) is 4.79 Å². The van der Waals surface area contributed by atoms with Crippen LogP contribution in [-0.2, 0) is 11.8 Å². The van der Waals surface area contributed by atoms with Crippen LogP contribution in [0.2, 0.25) is 0 Å². The molecule has 1 N–H and O–H groups in total. The maximum atomic E-state index is 12.8. The molecule has 0 spiro atoms. The van der Waals surface area contributed by atoms with Crippen LogP contribution in [0.15, 0.2) is 30.6 Å². The zero-order valence-corrected chi connectivity index (χ0v) is 14.9. The van der Waals surface area contributed by atoms with Gasteiger partial charge >= 0.3 is 0 Å². The molecule has 1 aliphatic rings. The lowest BCUT2D eigenvalue weighted by atomic mass is 10.1. The molecule has 2 aromatic rings. The van der Waals surface area contributed by atoms with Gasteiger partial charge < -0.3 is 24.3 Å². The first-order valence-corrected chi connectivity index (χ1v) is 8.35. The average Bonchev–Trinajstić information content (AvgIpc) is 3.06. The lowest BCUT2D eigenvalue weighted by Gasteiger charge is -2.35. The van der Waals surface area contributed by atoms with E-state index >= 15 is 0 Å². The maximum absolute atomic E-state index is 12.8. The fourth-order valence-corrected chi connectivity index (χ4v) is 3.05. The van der Waals surface area contributed by atoms with Crippen molar-refractivity contribution in [3.05, 3.63) is 42.0 Å². The summed E-state index contributed by atoms with van der Waals surface area (Å²) in [6.07, 6.45) is 3.64. The van der Waals surface area contributed by atoms with Crippen LogP contribution in [0.25, 0.3) is 0 Å². The fraction of sp³-hybridized carbons (Fsp3) is 0.444. The molecule has 1 aromatic heterocycles. The van der Waals surface area contributed by atoms with Gasteiger partial charge in [-0.15, -0.1) is 0 Å². The minimum absolute atomic E-state index is 0.0274. The first-order chi connectivity index (χ1) is 12.1. The molecule has 1 aliphatic heterocycles. The molecule has 1 fully saturated rings. The summed E-state index contributed by atoms with van der Waals surface area (Å²) in [4.78, 5) is 19.0. The Morgan fingerprint density at radius 1 is 1.40 bits per heavy atom. The van der Waals surface area contributed by atoms with Crippen LogP contribution in [-0.4, -0.2) is 53.7 Å². The lowest BCUT2D eigenvalue weighted by molar-refractivity contribution is -0.137. The number of imidazole rings is 1. The van der Waals surface area contributed by atoms with Crippen molar-refractivity contribution in [2.24, 2.45) is 7.05 Å². The Labute approximate surface area is 147 Å². The van der Waals surface area contributed by atoms with Gasteiger partial charge in [-0.25, -0.2) is 4.98 Å². The van der Waals surface area contributed by atoms with E-state index in [0.29, 0.717) is 24.6 Å². The predicted molar refractivity (Wildman–Crippen MR) is 93.8 cm³/mol. The highest BCUT2D eigenvalue weighted by Gasteiger charge is 2.30. The molecule has 0 radical (unpaired) electrons. The van der Waals surface area contributed by atoms with Gasteiger partial charge in [0.15, 0.2) is 18.1 Å². The number of aromatic nitrogens is 2. The number of rotatable bonds is 5. The summed E-state index contributed by atoms with van der Waals surface area (Å²) >= 11 is 0. The van der Waals surface area contributed by atoms with Crippen LogP contribution in [0.3, 0.4) is 0 Å². The SMILES string of the molecule is COc1cc(C)ccc1OCC(=O)N1CCNCC1c1nccn1C. The van der Waals surface area contributed by atoms with E-state index in [-0.39, 0.29) is 18.6 Å². The van der Waals surface area contributed by atoms with Gasteiger partial charge in [-0.05, 0) is 24.6 Å². The van der Waals surface area contributed by atoms with Gasteiger partial charge in [-0.1, -0.05) is 6.07 Å². The second kappa shape index (κ2) is 7.57. The third-order valence-electron chi connectivity index (χ3n) is 4.39. The number of carbonyl (C=O) groups is 1. The fourth-order valence-electron chi connectivity index (χ4n) is 3.05. The van der Waals surface area contributed by atoms with Gasteiger partial charge in [-0.3, -0.25) is 4.79 Å². The molecule has 0 aliphatic carbocycles. The topological polar surface area (TPSA) is 68.6 Å². The molecule has 1 atom stereocenters. The summed E-state index contributed by atoms with van der Waals surface area (Å²) in [5, 5.41) is 3.33. The standard InChI is InChI=1S/C18H24N4O3/c1-13-4-5-15(16(10-13)24-3)25-12-17(23)22-9-6-19-11-14(22)18-20-7-8-21(18)2/h4-5,7-8,10,14,19H,6,9,11-12H2,1-3H3. The van der Waals surface area contributed by atoms with Gasteiger partial charge in [-0.2, -0.15) is 0 Å². The molecule has 2 heterocycles. The van der Waals surface area contributed by atoms with Crippen LogP contribution in [0.1, 0.15) is 17.4 Å². The highest BCUT2D eigenvalue weighted by molar-refractivity contribution is 5.78. The number of carbonyl (C=O) groups excluding carboxylic acids is 1. The number of hydrogen-bond donors (Lipinski definition) is 1. The van der Waals surface area contributed by atoms with Crippen molar-refractivity contribution in [3.8, 4) is 11.5 Å². The van der Waals surface area contributed by atoms with Gasteiger partial charge in [0.05, 0.1) is 7.11 Å². The zero-order chi connectivity index (χ0) is 17.8. The predicted octanol–water partition coefficient (Wildman–Crippen LogP) is 1.29. The van der Waals surface area contributed by atoms with Crippen molar-refractivity contribution in [1.82, 2.24) is 19.8 Å². The van der Waals surface area contributed by atoms with Crippen LogP contribution in [0.4, 0.5) is 0 Å². The molecule has 25 heavy (non-hydrogen) atoms. The van der Waals surface area contributed by atoms with Crippen LogP contribution < -0.4 is 14.8 Å². The molecule has 1 aromatic carbocycles. The van der Waals surface area contributed by atoms with E-state index in [2.05, 4.69) is 10.3 Å². The molecule has 1 saturated heterocycles. The molecule has 1 amide bonds. The minimum Gasteiger partial charge on any atom is -0.493 e. The lowest BCUT2D eigenvalue weighted by Crippen LogP contribution is -2.50. The van der Waals surface area contributed by atoms with Crippen LogP contribution in [0, 0.1) is 6.92 Å². The van der Waals surface area contributed by atoms with Crippen LogP contribution in [0.5, 0.6) is 11.5 Å².